The predicted molar refractivity (Wildman–Crippen MR) is 125 cm³/mol. The lowest BCUT2D eigenvalue weighted by Crippen LogP contribution is -2.48. The molecule has 1 aliphatic rings. The van der Waals surface area contributed by atoms with Gasteiger partial charge in [-0.15, -0.1) is 0 Å². The number of sulfonamides is 1. The summed E-state index contributed by atoms with van der Waals surface area (Å²) in [7, 11) is -2.15. The number of nitrogens with zero attached hydrogens (tertiary/aromatic N) is 2. The quantitative estimate of drug-likeness (QED) is 0.621. The normalized spacial score (nSPS) is 14.2. The molecule has 8 heteroatoms. The van der Waals surface area contributed by atoms with Crippen LogP contribution >= 0.6 is 0 Å². The summed E-state index contributed by atoms with van der Waals surface area (Å²) in [6.45, 7) is 2.41. The van der Waals surface area contributed by atoms with Crippen molar-refractivity contribution < 1.29 is 17.9 Å². The minimum Gasteiger partial charge on any atom is -0.495 e. The van der Waals surface area contributed by atoms with Gasteiger partial charge in [-0.2, -0.15) is 0 Å². The van der Waals surface area contributed by atoms with Crippen LogP contribution in [0.4, 0.5) is 11.4 Å². The van der Waals surface area contributed by atoms with E-state index in [1.165, 1.54) is 12.1 Å². The van der Waals surface area contributed by atoms with E-state index < -0.39 is 10.0 Å². The van der Waals surface area contributed by atoms with Gasteiger partial charge in [0.1, 0.15) is 5.75 Å². The van der Waals surface area contributed by atoms with E-state index in [1.807, 2.05) is 30.3 Å². The van der Waals surface area contributed by atoms with E-state index in [-0.39, 0.29) is 10.8 Å². The number of carbonyl (C=O) groups excluding carboxylic acids is 1. The first-order valence-electron chi connectivity index (χ1n) is 10.3. The van der Waals surface area contributed by atoms with Crippen molar-refractivity contribution in [3.05, 3.63) is 84.4 Å². The lowest BCUT2D eigenvalue weighted by Gasteiger charge is -2.36. The van der Waals surface area contributed by atoms with Gasteiger partial charge in [-0.1, -0.05) is 36.4 Å². The fraction of sp³-hybridized carbons (Fsp3) is 0.208. The average molecular weight is 452 g/mol. The molecule has 166 valence electrons. The highest BCUT2D eigenvalue weighted by atomic mass is 32.2. The number of carbonyl (C=O) groups is 1. The lowest BCUT2D eigenvalue weighted by atomic mass is 10.1. The van der Waals surface area contributed by atoms with Crippen LogP contribution in [0.15, 0.2) is 83.8 Å². The van der Waals surface area contributed by atoms with Gasteiger partial charge in [0.05, 0.1) is 17.7 Å². The highest BCUT2D eigenvalue weighted by Gasteiger charge is 2.25. The molecule has 0 atom stereocenters. The Kier molecular flexibility index (Phi) is 6.32. The van der Waals surface area contributed by atoms with Crippen LogP contribution in [-0.2, 0) is 10.0 Å². The number of methoxy groups -OCH3 is 1. The van der Waals surface area contributed by atoms with Gasteiger partial charge in [0, 0.05) is 37.4 Å². The maximum atomic E-state index is 13.1. The molecule has 1 heterocycles. The van der Waals surface area contributed by atoms with E-state index in [0.29, 0.717) is 37.4 Å². The van der Waals surface area contributed by atoms with E-state index >= 15 is 0 Å². The van der Waals surface area contributed by atoms with Gasteiger partial charge in [0.15, 0.2) is 0 Å². The van der Waals surface area contributed by atoms with Crippen molar-refractivity contribution in [3.63, 3.8) is 0 Å². The standard InChI is InChI=1S/C24H25N3O4S/c1-31-23-13-6-5-12-22(23)26-14-16-27(17-15-26)24(28)19-8-7-11-21(18-19)32(29,30)25-20-9-3-2-4-10-20/h2-13,18,25H,14-17H2,1H3. The molecule has 0 aromatic heterocycles. The number of anilines is 2. The Morgan fingerprint density at radius 2 is 1.56 bits per heavy atom. The van der Waals surface area contributed by atoms with Crippen LogP contribution in [0, 0.1) is 0 Å². The molecule has 1 aliphatic heterocycles. The molecule has 7 nitrogen and oxygen atoms in total. The summed E-state index contributed by atoms with van der Waals surface area (Å²) in [4.78, 5) is 17.1. The lowest BCUT2D eigenvalue weighted by molar-refractivity contribution is 0.0746. The van der Waals surface area contributed by atoms with Crippen LogP contribution in [0.3, 0.4) is 0 Å². The Hall–Kier alpha value is -3.52. The predicted octanol–water partition coefficient (Wildman–Crippen LogP) is 3.46. The minimum absolute atomic E-state index is 0.0554. The summed E-state index contributed by atoms with van der Waals surface area (Å²) in [5.41, 5.74) is 1.82. The topological polar surface area (TPSA) is 79.0 Å². The summed E-state index contributed by atoms with van der Waals surface area (Å²) in [6.07, 6.45) is 0. The van der Waals surface area contributed by atoms with Gasteiger partial charge in [-0.05, 0) is 42.5 Å². The van der Waals surface area contributed by atoms with Crippen LogP contribution in [-0.4, -0.2) is 52.5 Å². The molecule has 0 saturated carbocycles. The molecular formula is C24H25N3O4S. The molecule has 0 spiro atoms. The zero-order valence-corrected chi connectivity index (χ0v) is 18.6. The Labute approximate surface area is 188 Å². The molecule has 0 radical (unpaired) electrons. The highest BCUT2D eigenvalue weighted by molar-refractivity contribution is 7.92. The summed E-state index contributed by atoms with van der Waals surface area (Å²) < 4.78 is 33.5. The highest BCUT2D eigenvalue weighted by Crippen LogP contribution is 2.28. The van der Waals surface area contributed by atoms with Crippen LogP contribution < -0.4 is 14.4 Å². The molecule has 1 amide bonds. The minimum atomic E-state index is -3.80. The zero-order chi connectivity index (χ0) is 22.6. The second-order valence-corrected chi connectivity index (χ2v) is 9.13. The number of ether oxygens (including phenoxy) is 1. The van der Waals surface area contributed by atoms with Gasteiger partial charge in [0.2, 0.25) is 0 Å². The van der Waals surface area contributed by atoms with Crippen molar-refractivity contribution in [1.29, 1.82) is 0 Å². The number of nitrogens with one attached hydrogen (secondary N) is 1. The van der Waals surface area contributed by atoms with Gasteiger partial charge < -0.3 is 14.5 Å². The largest absolute Gasteiger partial charge is 0.495 e. The Morgan fingerprint density at radius 1 is 0.875 bits per heavy atom. The molecule has 1 saturated heterocycles. The summed E-state index contributed by atoms with van der Waals surface area (Å²) in [6, 6.07) is 22.6. The van der Waals surface area contributed by atoms with Gasteiger partial charge in [-0.3, -0.25) is 9.52 Å². The average Bonchev–Trinajstić information content (AvgIpc) is 2.84. The third-order valence-electron chi connectivity index (χ3n) is 5.41. The molecule has 3 aromatic carbocycles. The second-order valence-electron chi connectivity index (χ2n) is 7.45. The molecule has 0 unspecified atom stereocenters. The fourth-order valence-corrected chi connectivity index (χ4v) is 4.84. The molecule has 0 aliphatic carbocycles. The van der Waals surface area contributed by atoms with Gasteiger partial charge >= 0.3 is 0 Å². The molecule has 3 aromatic rings. The number of benzene rings is 3. The molecular weight excluding hydrogens is 426 g/mol. The molecule has 4 rings (SSSR count). The third-order valence-corrected chi connectivity index (χ3v) is 6.79. The van der Waals surface area contributed by atoms with Crippen LogP contribution in [0.2, 0.25) is 0 Å². The molecule has 32 heavy (non-hydrogen) atoms. The zero-order valence-electron chi connectivity index (χ0n) is 17.8. The SMILES string of the molecule is COc1ccccc1N1CCN(C(=O)c2cccc(S(=O)(=O)Nc3ccccc3)c2)CC1. The second kappa shape index (κ2) is 9.32. The van der Waals surface area contributed by atoms with Crippen molar-refractivity contribution in [2.75, 3.05) is 42.9 Å². The summed E-state index contributed by atoms with van der Waals surface area (Å²) in [5.74, 6) is 0.623. The number of amides is 1. The molecule has 1 fully saturated rings. The number of piperazine rings is 1. The van der Waals surface area contributed by atoms with E-state index in [1.54, 1.807) is 48.4 Å². The first-order chi connectivity index (χ1) is 15.5. The maximum absolute atomic E-state index is 13.1. The third kappa shape index (κ3) is 4.70. The number of hydrogen-bond acceptors (Lipinski definition) is 5. The summed E-state index contributed by atoms with van der Waals surface area (Å²) in [5, 5.41) is 0. The van der Waals surface area contributed by atoms with E-state index in [9.17, 15) is 13.2 Å². The Balaban J connectivity index is 1.45. The maximum Gasteiger partial charge on any atom is 0.261 e. The van der Waals surface area contributed by atoms with Crippen molar-refractivity contribution in [2.24, 2.45) is 0 Å². The van der Waals surface area contributed by atoms with Gasteiger partial charge in [-0.25, -0.2) is 8.42 Å². The van der Waals surface area contributed by atoms with E-state index in [4.69, 9.17) is 4.74 Å². The van der Waals surface area contributed by atoms with Crippen molar-refractivity contribution >= 4 is 27.3 Å². The van der Waals surface area contributed by atoms with Gasteiger partial charge in [0.25, 0.3) is 15.9 Å². The van der Waals surface area contributed by atoms with E-state index in [2.05, 4.69) is 9.62 Å². The Bertz CT molecular complexity index is 1190. The van der Waals surface area contributed by atoms with E-state index in [0.717, 1.165) is 11.4 Å². The molecule has 1 N–H and O–H groups in total. The van der Waals surface area contributed by atoms with Crippen molar-refractivity contribution in [2.45, 2.75) is 4.90 Å². The fourth-order valence-electron chi connectivity index (χ4n) is 3.74. The first kappa shape index (κ1) is 21.7. The monoisotopic (exact) mass is 451 g/mol. The van der Waals surface area contributed by atoms with Crippen LogP contribution in [0.5, 0.6) is 5.75 Å². The molecule has 0 bridgehead atoms. The Morgan fingerprint density at radius 3 is 2.28 bits per heavy atom. The van der Waals surface area contributed by atoms with Crippen LogP contribution in [0.1, 0.15) is 10.4 Å². The number of rotatable bonds is 6. The van der Waals surface area contributed by atoms with Crippen LogP contribution in [0.25, 0.3) is 0 Å². The summed E-state index contributed by atoms with van der Waals surface area (Å²) >= 11 is 0. The van der Waals surface area contributed by atoms with Crippen molar-refractivity contribution in [1.82, 2.24) is 4.90 Å². The smallest absolute Gasteiger partial charge is 0.261 e. The number of hydrogen-bond donors (Lipinski definition) is 1. The van der Waals surface area contributed by atoms with Crippen molar-refractivity contribution in [3.8, 4) is 5.75 Å². The number of para-hydroxylation sites is 3. The first-order valence-corrected chi connectivity index (χ1v) is 11.8.